The molecule has 1 aromatic heterocycles. The first kappa shape index (κ1) is 10.9. The van der Waals surface area contributed by atoms with Gasteiger partial charge in [0.25, 0.3) is 0 Å². The Morgan fingerprint density at radius 2 is 2.36 bits per heavy atom. The van der Waals surface area contributed by atoms with Crippen molar-refractivity contribution in [1.29, 1.82) is 0 Å². The number of carbonyl (C=O) groups is 1. The number of hydrogen-bond donors (Lipinski definition) is 0. The summed E-state index contributed by atoms with van der Waals surface area (Å²) in [5.74, 6) is 0.302. The van der Waals surface area contributed by atoms with Crippen LogP contribution in [0.2, 0.25) is 0 Å². The van der Waals surface area contributed by atoms with E-state index in [1.807, 2.05) is 0 Å². The second-order valence-corrected chi connectivity index (χ2v) is 2.83. The van der Waals surface area contributed by atoms with Crippen LogP contribution in [0.5, 0.6) is 0 Å². The number of ketones is 1. The zero-order valence-electron chi connectivity index (χ0n) is 8.40. The van der Waals surface area contributed by atoms with Gasteiger partial charge in [0.2, 0.25) is 5.78 Å². The number of ether oxygens (including phenoxy) is 2. The Morgan fingerprint density at radius 3 is 2.93 bits per heavy atom. The van der Waals surface area contributed by atoms with Crippen molar-refractivity contribution in [2.75, 3.05) is 26.9 Å². The van der Waals surface area contributed by atoms with Crippen LogP contribution in [0.25, 0.3) is 0 Å². The third kappa shape index (κ3) is 2.93. The summed E-state index contributed by atoms with van der Waals surface area (Å²) in [4.78, 5) is 15.4. The lowest BCUT2D eigenvalue weighted by atomic mass is 10.4. The number of methoxy groups -OCH3 is 1. The van der Waals surface area contributed by atoms with Gasteiger partial charge in [0.15, 0.2) is 5.82 Å². The Bertz CT molecular complexity index is 296. The second-order valence-electron chi connectivity index (χ2n) is 2.83. The molecule has 0 saturated heterocycles. The van der Waals surface area contributed by atoms with Crippen LogP contribution in [0.3, 0.4) is 0 Å². The molecule has 1 heterocycles. The maximum Gasteiger partial charge on any atom is 0.223 e. The highest BCUT2D eigenvalue weighted by molar-refractivity contribution is 5.93. The Balaban J connectivity index is 2.32. The molecule has 5 heteroatoms. The quantitative estimate of drug-likeness (QED) is 0.486. The summed E-state index contributed by atoms with van der Waals surface area (Å²) in [6.07, 6.45) is 3.31. The fourth-order valence-electron chi connectivity index (χ4n) is 1.01. The van der Waals surface area contributed by atoms with Crippen LogP contribution in [0.1, 0.15) is 10.6 Å². The lowest BCUT2D eigenvalue weighted by molar-refractivity contribution is 0.0567. The third-order valence-electron chi connectivity index (χ3n) is 1.74. The van der Waals surface area contributed by atoms with Crippen LogP contribution in [0.4, 0.5) is 0 Å². The van der Waals surface area contributed by atoms with Gasteiger partial charge in [-0.2, -0.15) is 0 Å². The molecule has 0 spiro atoms. The topological polar surface area (TPSA) is 53.4 Å². The molecule has 0 amide bonds. The van der Waals surface area contributed by atoms with Gasteiger partial charge in [-0.05, 0) is 0 Å². The molecular weight excluding hydrogens is 184 g/mol. The van der Waals surface area contributed by atoms with Gasteiger partial charge in [0, 0.05) is 26.6 Å². The second kappa shape index (κ2) is 5.51. The maximum absolute atomic E-state index is 11.4. The molecule has 0 bridgehead atoms. The number of aromatic nitrogens is 2. The molecule has 5 nitrogen and oxygen atoms in total. The van der Waals surface area contributed by atoms with E-state index in [9.17, 15) is 4.79 Å². The Hall–Kier alpha value is -1.20. The summed E-state index contributed by atoms with van der Waals surface area (Å²) in [6, 6.07) is 0. The molecule has 0 atom stereocenters. The number of nitrogens with zero attached hydrogens (tertiary/aromatic N) is 2. The fourth-order valence-corrected chi connectivity index (χ4v) is 1.01. The lowest BCUT2D eigenvalue weighted by Gasteiger charge is -2.02. The van der Waals surface area contributed by atoms with E-state index in [1.54, 1.807) is 31.1 Å². The van der Waals surface area contributed by atoms with Crippen molar-refractivity contribution in [3.05, 3.63) is 18.2 Å². The highest BCUT2D eigenvalue weighted by Crippen LogP contribution is 1.96. The number of Topliss-reactive ketones (excluding diaryl/α,β-unsaturated/α-hetero) is 1. The normalized spacial score (nSPS) is 10.4. The Labute approximate surface area is 82.6 Å². The van der Waals surface area contributed by atoms with E-state index in [4.69, 9.17) is 9.47 Å². The zero-order valence-corrected chi connectivity index (χ0v) is 8.40. The number of hydrogen-bond acceptors (Lipinski definition) is 4. The van der Waals surface area contributed by atoms with Crippen LogP contribution >= 0.6 is 0 Å². The van der Waals surface area contributed by atoms with Gasteiger partial charge < -0.3 is 14.0 Å². The fraction of sp³-hybridized carbons (Fsp3) is 0.556. The molecule has 0 aromatic carbocycles. The molecule has 0 unspecified atom stereocenters. The third-order valence-corrected chi connectivity index (χ3v) is 1.74. The number of imidazole rings is 1. The first-order valence-electron chi connectivity index (χ1n) is 4.33. The molecule has 0 saturated carbocycles. The maximum atomic E-state index is 11.4. The predicted octanol–water partition coefficient (Wildman–Crippen LogP) is 0.266. The summed E-state index contributed by atoms with van der Waals surface area (Å²) < 4.78 is 11.5. The van der Waals surface area contributed by atoms with E-state index in [1.165, 1.54) is 0 Å². The first-order valence-corrected chi connectivity index (χ1v) is 4.33. The molecule has 0 aliphatic rings. The molecule has 1 aromatic rings. The van der Waals surface area contributed by atoms with E-state index < -0.39 is 0 Å². The Kier molecular flexibility index (Phi) is 4.28. The van der Waals surface area contributed by atoms with Crippen molar-refractivity contribution in [3.8, 4) is 0 Å². The molecule has 14 heavy (non-hydrogen) atoms. The van der Waals surface area contributed by atoms with E-state index in [-0.39, 0.29) is 12.4 Å². The van der Waals surface area contributed by atoms with Crippen molar-refractivity contribution in [3.63, 3.8) is 0 Å². The van der Waals surface area contributed by atoms with Crippen molar-refractivity contribution < 1.29 is 14.3 Å². The van der Waals surface area contributed by atoms with Gasteiger partial charge >= 0.3 is 0 Å². The van der Waals surface area contributed by atoms with Gasteiger partial charge in [0.1, 0.15) is 6.61 Å². The Morgan fingerprint density at radius 1 is 1.57 bits per heavy atom. The molecule has 1 rings (SSSR count). The van der Waals surface area contributed by atoms with Gasteiger partial charge in [-0.3, -0.25) is 4.79 Å². The minimum absolute atomic E-state index is 0.0498. The monoisotopic (exact) mass is 198 g/mol. The highest BCUT2D eigenvalue weighted by atomic mass is 16.5. The van der Waals surface area contributed by atoms with E-state index in [2.05, 4.69) is 4.98 Å². The van der Waals surface area contributed by atoms with Crippen LogP contribution in [-0.2, 0) is 16.5 Å². The number of rotatable bonds is 6. The average Bonchev–Trinajstić information content (AvgIpc) is 2.59. The summed E-state index contributed by atoms with van der Waals surface area (Å²) in [7, 11) is 3.36. The molecule has 0 N–H and O–H groups in total. The van der Waals surface area contributed by atoms with Crippen LogP contribution in [0.15, 0.2) is 12.4 Å². The van der Waals surface area contributed by atoms with Gasteiger partial charge in [-0.15, -0.1) is 0 Å². The van der Waals surface area contributed by atoms with Crippen molar-refractivity contribution in [1.82, 2.24) is 9.55 Å². The first-order chi connectivity index (χ1) is 6.75. The average molecular weight is 198 g/mol. The minimum Gasteiger partial charge on any atom is -0.382 e. The van der Waals surface area contributed by atoms with Crippen molar-refractivity contribution >= 4 is 5.78 Å². The van der Waals surface area contributed by atoms with E-state index in [0.717, 1.165) is 0 Å². The van der Waals surface area contributed by atoms with Crippen LogP contribution in [0, 0.1) is 0 Å². The molecular formula is C9H14N2O3. The number of aryl methyl sites for hydroxylation is 1. The molecule has 0 radical (unpaired) electrons. The van der Waals surface area contributed by atoms with E-state index >= 15 is 0 Å². The van der Waals surface area contributed by atoms with Gasteiger partial charge in [0.05, 0.1) is 13.2 Å². The van der Waals surface area contributed by atoms with E-state index in [0.29, 0.717) is 19.0 Å². The smallest absolute Gasteiger partial charge is 0.223 e. The van der Waals surface area contributed by atoms with Gasteiger partial charge in [-0.25, -0.2) is 4.98 Å². The standard InChI is InChI=1S/C9H14N2O3/c1-11-4-3-10-9(11)8(12)7-14-6-5-13-2/h3-4H,5-7H2,1-2H3. The zero-order chi connectivity index (χ0) is 10.4. The lowest BCUT2D eigenvalue weighted by Crippen LogP contribution is -2.15. The minimum atomic E-state index is -0.117. The largest absolute Gasteiger partial charge is 0.382 e. The highest BCUT2D eigenvalue weighted by Gasteiger charge is 2.10. The predicted molar refractivity (Wildman–Crippen MR) is 50.2 cm³/mol. The molecule has 0 aliphatic carbocycles. The number of carbonyl (C=O) groups excluding carboxylic acids is 1. The van der Waals surface area contributed by atoms with Crippen LogP contribution < -0.4 is 0 Å². The molecule has 0 fully saturated rings. The van der Waals surface area contributed by atoms with Crippen LogP contribution in [-0.4, -0.2) is 42.3 Å². The van der Waals surface area contributed by atoms with Crippen molar-refractivity contribution in [2.45, 2.75) is 0 Å². The van der Waals surface area contributed by atoms with Crippen molar-refractivity contribution in [2.24, 2.45) is 7.05 Å². The molecule has 0 aliphatic heterocycles. The summed E-state index contributed by atoms with van der Waals surface area (Å²) in [6.45, 7) is 0.967. The van der Waals surface area contributed by atoms with Gasteiger partial charge in [-0.1, -0.05) is 0 Å². The summed E-state index contributed by atoms with van der Waals surface area (Å²) in [5, 5.41) is 0. The molecule has 78 valence electrons. The summed E-state index contributed by atoms with van der Waals surface area (Å²) in [5.41, 5.74) is 0. The summed E-state index contributed by atoms with van der Waals surface area (Å²) >= 11 is 0. The SMILES string of the molecule is COCCOCC(=O)c1nccn1C.